The van der Waals surface area contributed by atoms with Gasteiger partial charge in [0.25, 0.3) is 0 Å². The Kier molecular flexibility index (Phi) is 6.66. The van der Waals surface area contributed by atoms with E-state index in [9.17, 15) is 30.6 Å². The molecule has 0 bridgehead atoms. The third kappa shape index (κ3) is 4.14. The second kappa shape index (κ2) is 10.1. The predicted molar refractivity (Wildman–Crippen MR) is 174 cm³/mol. The molecule has 0 saturated heterocycles. The Labute approximate surface area is 256 Å². The van der Waals surface area contributed by atoms with Crippen molar-refractivity contribution in [3.8, 4) is 67.9 Å². The third-order valence-corrected chi connectivity index (χ3v) is 9.39. The van der Waals surface area contributed by atoms with E-state index in [2.05, 4.69) is 15.9 Å². The van der Waals surface area contributed by atoms with Gasteiger partial charge in [0.1, 0.15) is 11.5 Å². The SMILES string of the molecule is Cc1c(O)c(C)c(-c2cc(-c3c(O)c(C)c(C)c(O)c3O)cc(-c3c4ccccc4c(Br)c4ccccc34)c2)c(O)c1O. The van der Waals surface area contributed by atoms with Crippen LogP contribution in [0.25, 0.3) is 54.9 Å². The molecule has 0 saturated carbocycles. The highest BCUT2D eigenvalue weighted by atomic mass is 79.9. The maximum absolute atomic E-state index is 11.3. The molecule has 6 N–H and O–H groups in total. The van der Waals surface area contributed by atoms with E-state index in [0.717, 1.165) is 31.6 Å². The van der Waals surface area contributed by atoms with Gasteiger partial charge in [-0.25, -0.2) is 0 Å². The molecule has 0 aliphatic carbocycles. The summed E-state index contributed by atoms with van der Waals surface area (Å²) in [5.41, 5.74) is 3.78. The monoisotopic (exact) mass is 636 g/mol. The molecule has 6 nitrogen and oxygen atoms in total. The molecule has 216 valence electrons. The fourth-order valence-corrected chi connectivity index (χ4v) is 6.70. The van der Waals surface area contributed by atoms with Gasteiger partial charge in [0.05, 0.1) is 5.56 Å². The Morgan fingerprint density at radius 2 is 0.791 bits per heavy atom. The Balaban J connectivity index is 1.82. The van der Waals surface area contributed by atoms with Gasteiger partial charge in [0.2, 0.25) is 0 Å². The smallest absolute Gasteiger partial charge is 0.169 e. The summed E-state index contributed by atoms with van der Waals surface area (Å²) in [6.45, 7) is 6.41. The summed E-state index contributed by atoms with van der Waals surface area (Å²) in [5, 5.41) is 69.7. The molecule has 0 aliphatic rings. The first kappa shape index (κ1) is 28.2. The molecule has 0 fully saturated rings. The van der Waals surface area contributed by atoms with Gasteiger partial charge in [-0.2, -0.15) is 0 Å². The number of hydrogen-bond acceptors (Lipinski definition) is 6. The second-order valence-electron chi connectivity index (χ2n) is 10.9. The van der Waals surface area contributed by atoms with Crippen LogP contribution < -0.4 is 0 Å². The van der Waals surface area contributed by atoms with Crippen molar-refractivity contribution in [1.29, 1.82) is 0 Å². The van der Waals surface area contributed by atoms with Crippen molar-refractivity contribution in [3.05, 3.63) is 93.5 Å². The zero-order valence-corrected chi connectivity index (χ0v) is 25.5. The van der Waals surface area contributed by atoms with Crippen LogP contribution in [0.15, 0.2) is 71.2 Å². The van der Waals surface area contributed by atoms with Crippen molar-refractivity contribution in [2.75, 3.05) is 0 Å². The molecular weight excluding hydrogens is 608 g/mol. The Morgan fingerprint density at radius 1 is 0.395 bits per heavy atom. The van der Waals surface area contributed by atoms with Crippen molar-refractivity contribution >= 4 is 37.5 Å². The lowest BCUT2D eigenvalue weighted by molar-refractivity contribution is 0.392. The summed E-state index contributed by atoms with van der Waals surface area (Å²) in [4.78, 5) is 0. The molecule has 6 aromatic rings. The molecule has 0 aromatic heterocycles. The Morgan fingerprint density at radius 3 is 1.33 bits per heavy atom. The van der Waals surface area contributed by atoms with E-state index in [1.807, 2.05) is 60.7 Å². The highest BCUT2D eigenvalue weighted by Gasteiger charge is 2.25. The predicted octanol–water partition coefficient (Wildman–Crippen LogP) is 9.22. The highest BCUT2D eigenvalue weighted by molar-refractivity contribution is 9.10. The van der Waals surface area contributed by atoms with Crippen LogP contribution in [0.2, 0.25) is 0 Å². The van der Waals surface area contributed by atoms with Crippen molar-refractivity contribution in [3.63, 3.8) is 0 Å². The minimum Gasteiger partial charge on any atom is -0.507 e. The first-order valence-corrected chi connectivity index (χ1v) is 14.5. The van der Waals surface area contributed by atoms with E-state index in [0.29, 0.717) is 33.4 Å². The lowest BCUT2D eigenvalue weighted by Crippen LogP contribution is -1.95. The summed E-state index contributed by atoms with van der Waals surface area (Å²) in [6, 6.07) is 21.2. The third-order valence-electron chi connectivity index (χ3n) is 8.54. The number of fused-ring (bicyclic) bond motifs is 2. The minimum absolute atomic E-state index is 0.0205. The molecule has 7 heteroatoms. The van der Waals surface area contributed by atoms with E-state index < -0.39 is 17.2 Å². The lowest BCUT2D eigenvalue weighted by atomic mass is 9.86. The van der Waals surface area contributed by atoms with E-state index in [4.69, 9.17) is 0 Å². The fourth-order valence-electron chi connectivity index (χ4n) is 6.01. The number of hydrogen-bond donors (Lipinski definition) is 6. The molecule has 0 radical (unpaired) electrons. The van der Waals surface area contributed by atoms with Gasteiger partial charge in [0, 0.05) is 26.7 Å². The van der Waals surface area contributed by atoms with Crippen molar-refractivity contribution in [2.45, 2.75) is 27.7 Å². The normalized spacial score (nSPS) is 11.5. The molecule has 6 rings (SSSR count). The maximum Gasteiger partial charge on any atom is 0.169 e. The first-order valence-electron chi connectivity index (χ1n) is 13.7. The summed E-state index contributed by atoms with van der Waals surface area (Å²) in [5.74, 6) is -2.04. The van der Waals surface area contributed by atoms with E-state index >= 15 is 0 Å². The van der Waals surface area contributed by atoms with Crippen molar-refractivity contribution in [2.24, 2.45) is 0 Å². The Bertz CT molecular complexity index is 1950. The summed E-state index contributed by atoms with van der Waals surface area (Å²) >= 11 is 3.79. The quantitative estimate of drug-likeness (QED) is 0.0654. The summed E-state index contributed by atoms with van der Waals surface area (Å²) < 4.78 is 0.940. The number of halogens is 1. The van der Waals surface area contributed by atoms with Crippen LogP contribution in [0.3, 0.4) is 0 Å². The molecule has 0 unspecified atom stereocenters. The van der Waals surface area contributed by atoms with Crippen LogP contribution in [0.4, 0.5) is 0 Å². The van der Waals surface area contributed by atoms with Crippen molar-refractivity contribution < 1.29 is 30.6 Å². The number of rotatable bonds is 3. The second-order valence-corrected chi connectivity index (χ2v) is 11.7. The van der Waals surface area contributed by atoms with E-state index in [1.165, 1.54) is 6.92 Å². The molecule has 0 heterocycles. The lowest BCUT2D eigenvalue weighted by Gasteiger charge is -2.20. The molecule has 0 spiro atoms. The van der Waals surface area contributed by atoms with E-state index in [1.54, 1.807) is 26.8 Å². The van der Waals surface area contributed by atoms with Gasteiger partial charge in [0.15, 0.2) is 23.0 Å². The van der Waals surface area contributed by atoms with Crippen molar-refractivity contribution in [1.82, 2.24) is 0 Å². The number of phenolic OH excluding ortho intramolecular Hbond substituents is 6. The zero-order chi connectivity index (χ0) is 30.9. The van der Waals surface area contributed by atoms with Gasteiger partial charge in [-0.3, -0.25) is 0 Å². The van der Waals surface area contributed by atoms with E-state index in [-0.39, 0.29) is 33.9 Å². The standard InChI is InChI=1S/C36H29BrO6/c1-16-17(2)33(40)36(43)29(32(16)39)22-14-20(27-18(3)31(38)19(4)34(41)35(27)42)13-21(15-22)28-23-9-5-7-11-25(23)30(37)26-12-8-6-10-24(26)28/h5-15,38-43H,1-4H3. The maximum atomic E-state index is 11.3. The first-order chi connectivity index (χ1) is 20.4. The average Bonchev–Trinajstić information content (AvgIpc) is 3.01. The van der Waals surface area contributed by atoms with Crippen LogP contribution >= 0.6 is 15.9 Å². The highest BCUT2D eigenvalue weighted by Crippen LogP contribution is 2.52. The fraction of sp³-hybridized carbons (Fsp3) is 0.111. The topological polar surface area (TPSA) is 121 Å². The number of phenols is 6. The van der Waals surface area contributed by atoms with Gasteiger partial charge >= 0.3 is 0 Å². The number of benzene rings is 6. The molecule has 0 aliphatic heterocycles. The molecule has 0 atom stereocenters. The number of aromatic hydroxyl groups is 6. The molecule has 0 amide bonds. The Hall–Kier alpha value is -4.88. The largest absolute Gasteiger partial charge is 0.507 e. The molecule has 43 heavy (non-hydrogen) atoms. The van der Waals surface area contributed by atoms with Gasteiger partial charge in [-0.05, 0) is 111 Å². The van der Waals surface area contributed by atoms with Gasteiger partial charge in [-0.15, -0.1) is 0 Å². The van der Waals surface area contributed by atoms with Crippen LogP contribution in [-0.2, 0) is 0 Å². The van der Waals surface area contributed by atoms with Gasteiger partial charge < -0.3 is 30.6 Å². The molecular formula is C36H29BrO6. The summed E-state index contributed by atoms with van der Waals surface area (Å²) in [6.07, 6.45) is 0. The van der Waals surface area contributed by atoms with Gasteiger partial charge in [-0.1, -0.05) is 48.5 Å². The zero-order valence-electron chi connectivity index (χ0n) is 23.9. The van der Waals surface area contributed by atoms with Crippen LogP contribution in [-0.4, -0.2) is 30.6 Å². The minimum atomic E-state index is -0.482. The van der Waals surface area contributed by atoms with Crippen LogP contribution in [0, 0.1) is 27.7 Å². The van der Waals surface area contributed by atoms with Crippen LogP contribution in [0.1, 0.15) is 22.3 Å². The average molecular weight is 638 g/mol. The van der Waals surface area contributed by atoms with Crippen LogP contribution in [0.5, 0.6) is 34.5 Å². The molecule has 6 aromatic carbocycles. The summed E-state index contributed by atoms with van der Waals surface area (Å²) in [7, 11) is 0.